The highest BCUT2D eigenvalue weighted by molar-refractivity contribution is 7.15. The Morgan fingerprint density at radius 1 is 1.62 bits per heavy atom. The Labute approximate surface area is 99.5 Å². The summed E-state index contributed by atoms with van der Waals surface area (Å²) in [6, 6.07) is 0. The first-order valence-electron chi connectivity index (χ1n) is 5.38. The molecule has 4 heteroatoms. The van der Waals surface area contributed by atoms with Gasteiger partial charge in [0, 0.05) is 24.5 Å². The van der Waals surface area contributed by atoms with E-state index >= 15 is 0 Å². The molecule has 2 aromatic heterocycles. The molecule has 84 valence electrons. The smallest absolute Gasteiger partial charge is 0.194 e. The third kappa shape index (κ3) is 2.26. The van der Waals surface area contributed by atoms with E-state index in [2.05, 4.69) is 39.1 Å². The zero-order chi connectivity index (χ0) is 11.4. The van der Waals surface area contributed by atoms with Crippen LogP contribution in [0.25, 0.3) is 4.96 Å². The highest BCUT2D eigenvalue weighted by atomic mass is 32.1. The normalized spacial score (nSPS) is 10.8. The van der Waals surface area contributed by atoms with Gasteiger partial charge in [-0.25, -0.2) is 4.98 Å². The minimum Gasteiger partial charge on any atom is -0.311 e. The second kappa shape index (κ2) is 5.15. The lowest BCUT2D eigenvalue weighted by Gasteiger charge is -2.03. The maximum Gasteiger partial charge on any atom is 0.194 e. The van der Waals surface area contributed by atoms with Crippen LogP contribution < -0.4 is 5.32 Å². The molecule has 0 radical (unpaired) electrons. The largest absolute Gasteiger partial charge is 0.311 e. The molecule has 0 amide bonds. The first kappa shape index (κ1) is 11.2. The van der Waals surface area contributed by atoms with Crippen molar-refractivity contribution in [3.05, 3.63) is 23.0 Å². The Hall–Kier alpha value is -1.31. The predicted molar refractivity (Wildman–Crippen MR) is 67.6 cm³/mol. The van der Waals surface area contributed by atoms with Gasteiger partial charge in [0.25, 0.3) is 0 Å². The number of hydrogen-bond acceptors (Lipinski definition) is 3. The van der Waals surface area contributed by atoms with Crippen LogP contribution >= 0.6 is 11.3 Å². The SMILES string of the molecule is C#CCCCNCc1c(C)nc2sccn12. The third-order valence-corrected chi connectivity index (χ3v) is 3.28. The molecule has 0 aromatic carbocycles. The molecule has 2 heterocycles. The monoisotopic (exact) mass is 233 g/mol. The van der Waals surface area contributed by atoms with E-state index in [0.717, 1.165) is 36.6 Å². The lowest BCUT2D eigenvalue weighted by molar-refractivity contribution is 0.644. The number of thiazole rings is 1. The van der Waals surface area contributed by atoms with Gasteiger partial charge in [0.1, 0.15) is 0 Å². The molecular weight excluding hydrogens is 218 g/mol. The number of unbranched alkanes of at least 4 members (excludes halogenated alkanes) is 1. The van der Waals surface area contributed by atoms with Crippen molar-refractivity contribution in [1.29, 1.82) is 0 Å². The molecule has 0 aliphatic rings. The Morgan fingerprint density at radius 2 is 2.50 bits per heavy atom. The summed E-state index contributed by atoms with van der Waals surface area (Å²) in [5.74, 6) is 2.64. The summed E-state index contributed by atoms with van der Waals surface area (Å²) >= 11 is 1.67. The highest BCUT2D eigenvalue weighted by Crippen LogP contribution is 2.16. The molecule has 0 bridgehead atoms. The molecule has 0 aliphatic carbocycles. The summed E-state index contributed by atoms with van der Waals surface area (Å²) < 4.78 is 2.15. The standard InChI is InChI=1S/C12H15N3S/c1-3-4-5-6-13-9-11-10(2)14-12-15(11)7-8-16-12/h1,7-8,13H,4-6,9H2,2H3. The van der Waals surface area contributed by atoms with Gasteiger partial charge in [-0.2, -0.15) is 0 Å². The number of nitrogens with zero attached hydrogens (tertiary/aromatic N) is 2. The first-order chi connectivity index (χ1) is 7.83. The number of terminal acetylenes is 1. The summed E-state index contributed by atoms with van der Waals surface area (Å²) in [6.45, 7) is 3.87. The number of hydrogen-bond donors (Lipinski definition) is 1. The quantitative estimate of drug-likeness (QED) is 0.634. The van der Waals surface area contributed by atoms with Crippen LogP contribution in [0, 0.1) is 19.3 Å². The van der Waals surface area contributed by atoms with Gasteiger partial charge in [-0.05, 0) is 19.9 Å². The Balaban J connectivity index is 1.96. The van der Waals surface area contributed by atoms with Gasteiger partial charge in [-0.3, -0.25) is 4.40 Å². The lowest BCUT2D eigenvalue weighted by Crippen LogP contribution is -2.16. The zero-order valence-electron chi connectivity index (χ0n) is 9.36. The molecule has 1 N–H and O–H groups in total. The van der Waals surface area contributed by atoms with Gasteiger partial charge >= 0.3 is 0 Å². The van der Waals surface area contributed by atoms with Crippen LogP contribution in [0.15, 0.2) is 11.6 Å². The molecule has 0 saturated carbocycles. The molecule has 0 saturated heterocycles. The first-order valence-corrected chi connectivity index (χ1v) is 6.26. The Morgan fingerprint density at radius 3 is 3.31 bits per heavy atom. The van der Waals surface area contributed by atoms with E-state index in [1.807, 2.05) is 0 Å². The van der Waals surface area contributed by atoms with Crippen molar-refractivity contribution in [3.8, 4) is 12.3 Å². The minimum absolute atomic E-state index is 0.840. The van der Waals surface area contributed by atoms with E-state index in [0.29, 0.717) is 0 Å². The maximum absolute atomic E-state index is 5.20. The van der Waals surface area contributed by atoms with Crippen molar-refractivity contribution in [2.24, 2.45) is 0 Å². The van der Waals surface area contributed by atoms with E-state index < -0.39 is 0 Å². The highest BCUT2D eigenvalue weighted by Gasteiger charge is 2.08. The molecule has 3 nitrogen and oxygen atoms in total. The third-order valence-electron chi connectivity index (χ3n) is 2.53. The number of imidazole rings is 1. The Bertz CT molecular complexity index is 504. The number of aryl methyl sites for hydroxylation is 1. The summed E-state index contributed by atoms with van der Waals surface area (Å²) in [7, 11) is 0. The van der Waals surface area contributed by atoms with E-state index in [-0.39, 0.29) is 0 Å². The molecule has 16 heavy (non-hydrogen) atoms. The average molecular weight is 233 g/mol. The van der Waals surface area contributed by atoms with Crippen LogP contribution in [0.2, 0.25) is 0 Å². The fourth-order valence-electron chi connectivity index (χ4n) is 1.68. The molecule has 0 aliphatic heterocycles. The fourth-order valence-corrected chi connectivity index (χ4v) is 2.45. The van der Waals surface area contributed by atoms with Gasteiger partial charge in [-0.1, -0.05) is 0 Å². The number of nitrogens with one attached hydrogen (secondary N) is 1. The summed E-state index contributed by atoms with van der Waals surface area (Å²) in [4.78, 5) is 5.56. The van der Waals surface area contributed by atoms with Crippen molar-refractivity contribution in [3.63, 3.8) is 0 Å². The molecular formula is C12H15N3S. The van der Waals surface area contributed by atoms with Crippen molar-refractivity contribution >= 4 is 16.3 Å². The van der Waals surface area contributed by atoms with Gasteiger partial charge in [-0.15, -0.1) is 23.7 Å². The summed E-state index contributed by atoms with van der Waals surface area (Å²) in [5, 5.41) is 5.45. The van der Waals surface area contributed by atoms with Crippen molar-refractivity contribution in [2.75, 3.05) is 6.54 Å². The second-order valence-corrected chi connectivity index (χ2v) is 4.56. The van der Waals surface area contributed by atoms with Crippen LogP contribution in [-0.4, -0.2) is 15.9 Å². The van der Waals surface area contributed by atoms with Crippen LogP contribution in [0.3, 0.4) is 0 Å². The second-order valence-electron chi connectivity index (χ2n) is 3.68. The van der Waals surface area contributed by atoms with E-state index in [1.54, 1.807) is 11.3 Å². The predicted octanol–water partition coefficient (Wildman–Crippen LogP) is 2.21. The van der Waals surface area contributed by atoms with Crippen molar-refractivity contribution < 1.29 is 0 Å². The molecule has 0 unspecified atom stereocenters. The van der Waals surface area contributed by atoms with E-state index in [9.17, 15) is 0 Å². The van der Waals surface area contributed by atoms with Crippen molar-refractivity contribution in [1.82, 2.24) is 14.7 Å². The zero-order valence-corrected chi connectivity index (χ0v) is 10.2. The molecule has 0 fully saturated rings. The Kier molecular flexibility index (Phi) is 3.60. The summed E-state index contributed by atoms with van der Waals surface area (Å²) in [6.07, 6.45) is 9.14. The maximum atomic E-state index is 5.20. The molecule has 2 aromatic rings. The van der Waals surface area contributed by atoms with Crippen LogP contribution in [0.4, 0.5) is 0 Å². The average Bonchev–Trinajstić information content (AvgIpc) is 2.80. The van der Waals surface area contributed by atoms with E-state index in [4.69, 9.17) is 6.42 Å². The van der Waals surface area contributed by atoms with Crippen LogP contribution in [0.5, 0.6) is 0 Å². The number of rotatable bonds is 5. The van der Waals surface area contributed by atoms with Gasteiger partial charge < -0.3 is 5.32 Å². The molecule has 2 rings (SSSR count). The number of fused-ring (bicyclic) bond motifs is 1. The van der Waals surface area contributed by atoms with Crippen molar-refractivity contribution in [2.45, 2.75) is 26.3 Å². The van der Waals surface area contributed by atoms with Gasteiger partial charge in [0.2, 0.25) is 0 Å². The lowest BCUT2D eigenvalue weighted by atomic mass is 10.3. The van der Waals surface area contributed by atoms with Gasteiger partial charge in [0.15, 0.2) is 4.96 Å². The molecule has 0 atom stereocenters. The fraction of sp³-hybridized carbons (Fsp3) is 0.417. The minimum atomic E-state index is 0.840. The number of aromatic nitrogens is 2. The summed E-state index contributed by atoms with van der Waals surface area (Å²) in [5.41, 5.74) is 2.35. The molecule has 0 spiro atoms. The van der Waals surface area contributed by atoms with Gasteiger partial charge in [0.05, 0.1) is 11.4 Å². The van der Waals surface area contributed by atoms with Crippen LogP contribution in [0.1, 0.15) is 24.2 Å². The topological polar surface area (TPSA) is 29.3 Å². The van der Waals surface area contributed by atoms with Crippen LogP contribution in [-0.2, 0) is 6.54 Å². The van der Waals surface area contributed by atoms with E-state index in [1.165, 1.54) is 5.69 Å².